The van der Waals surface area contributed by atoms with Crippen LogP contribution in [0.1, 0.15) is 11.3 Å². The third kappa shape index (κ3) is 4.87. The maximum Gasteiger partial charge on any atom is 0.297 e. The standard InChI is InChI=1S/C31H25N5OS2/c1-22-29(30(37)36(34(22)2)27-11-7-4-8-12-27)33-31-35(32-19-23-17-18-38-20-23)28(21-39-31)26-15-13-25(14-16-26)24-9-5-3-6-10-24/h3-21H,1-2H3. The summed E-state index contributed by atoms with van der Waals surface area (Å²) >= 11 is 3.08. The molecule has 0 amide bonds. The zero-order valence-corrected chi connectivity index (χ0v) is 23.1. The van der Waals surface area contributed by atoms with Gasteiger partial charge in [-0.05, 0) is 47.0 Å². The van der Waals surface area contributed by atoms with Gasteiger partial charge in [-0.1, -0.05) is 72.8 Å². The number of aromatic nitrogens is 3. The van der Waals surface area contributed by atoms with Crippen molar-refractivity contribution in [1.82, 2.24) is 14.0 Å². The molecule has 0 radical (unpaired) electrons. The molecule has 0 saturated heterocycles. The van der Waals surface area contributed by atoms with Crippen LogP contribution in [0.25, 0.3) is 28.1 Å². The van der Waals surface area contributed by atoms with E-state index in [9.17, 15) is 4.79 Å². The fourth-order valence-corrected chi connectivity index (χ4v) is 5.86. The SMILES string of the molecule is Cc1c(N=c2scc(-c3ccc(-c4ccccc4)cc3)n2N=Cc2ccsc2)c(=O)n(-c2ccccc2)n1C. The Kier molecular flexibility index (Phi) is 6.79. The van der Waals surface area contributed by atoms with Crippen molar-refractivity contribution in [2.75, 3.05) is 0 Å². The summed E-state index contributed by atoms with van der Waals surface area (Å²) in [5.74, 6) is 0. The minimum atomic E-state index is -0.170. The first-order chi connectivity index (χ1) is 19.1. The Hall–Kier alpha value is -4.53. The van der Waals surface area contributed by atoms with Gasteiger partial charge in [-0.15, -0.1) is 11.3 Å². The van der Waals surface area contributed by atoms with Gasteiger partial charge in [0.1, 0.15) is 0 Å². The Morgan fingerprint density at radius 1 is 0.795 bits per heavy atom. The van der Waals surface area contributed by atoms with E-state index in [1.165, 1.54) is 16.9 Å². The fourth-order valence-electron chi connectivity index (χ4n) is 4.40. The Balaban J connectivity index is 1.48. The Morgan fingerprint density at radius 3 is 2.15 bits per heavy atom. The van der Waals surface area contributed by atoms with Crippen LogP contribution in [0.15, 0.2) is 122 Å². The second kappa shape index (κ2) is 10.7. The summed E-state index contributed by atoms with van der Waals surface area (Å²) in [7, 11) is 1.87. The highest BCUT2D eigenvalue weighted by Crippen LogP contribution is 2.26. The highest BCUT2D eigenvalue weighted by molar-refractivity contribution is 7.08. The van der Waals surface area contributed by atoms with Crippen molar-refractivity contribution in [3.8, 4) is 28.1 Å². The molecule has 0 aliphatic carbocycles. The quantitative estimate of drug-likeness (QED) is 0.210. The monoisotopic (exact) mass is 547 g/mol. The summed E-state index contributed by atoms with van der Waals surface area (Å²) in [4.78, 5) is 19.0. The third-order valence-electron chi connectivity index (χ3n) is 6.57. The number of nitrogens with zero attached hydrogens (tertiary/aromatic N) is 5. The Bertz CT molecular complexity index is 1870. The molecule has 39 heavy (non-hydrogen) atoms. The van der Waals surface area contributed by atoms with Gasteiger partial charge in [0.15, 0.2) is 5.69 Å². The van der Waals surface area contributed by atoms with Crippen LogP contribution in [0.2, 0.25) is 0 Å². The van der Waals surface area contributed by atoms with E-state index >= 15 is 0 Å². The van der Waals surface area contributed by atoms with Crippen molar-refractivity contribution >= 4 is 34.6 Å². The molecule has 8 heteroatoms. The van der Waals surface area contributed by atoms with Gasteiger partial charge in [0.25, 0.3) is 5.56 Å². The molecule has 0 bridgehead atoms. The molecule has 0 aliphatic rings. The molecule has 6 rings (SSSR count). The average molecular weight is 548 g/mol. The second-order valence-corrected chi connectivity index (χ2v) is 10.6. The van der Waals surface area contributed by atoms with Gasteiger partial charge in [0.05, 0.1) is 23.3 Å². The summed E-state index contributed by atoms with van der Waals surface area (Å²) < 4.78 is 5.30. The molecule has 0 saturated carbocycles. The van der Waals surface area contributed by atoms with Gasteiger partial charge < -0.3 is 0 Å². The molecule has 3 aromatic heterocycles. The highest BCUT2D eigenvalue weighted by atomic mass is 32.1. The van der Waals surface area contributed by atoms with Crippen LogP contribution in [0.4, 0.5) is 5.69 Å². The molecule has 3 heterocycles. The molecule has 0 atom stereocenters. The minimum Gasteiger partial charge on any atom is -0.283 e. The molecular formula is C31H25N5OS2. The number of para-hydroxylation sites is 1. The molecular weight excluding hydrogens is 523 g/mol. The second-order valence-electron chi connectivity index (χ2n) is 8.98. The van der Waals surface area contributed by atoms with Gasteiger partial charge in [0.2, 0.25) is 4.80 Å². The maximum atomic E-state index is 13.5. The van der Waals surface area contributed by atoms with Gasteiger partial charge in [-0.25, -0.2) is 14.4 Å². The number of hydrogen-bond acceptors (Lipinski definition) is 5. The fraction of sp³-hybridized carbons (Fsp3) is 0.0645. The van der Waals surface area contributed by atoms with E-state index in [1.54, 1.807) is 16.0 Å². The van der Waals surface area contributed by atoms with Crippen LogP contribution in [-0.4, -0.2) is 20.3 Å². The van der Waals surface area contributed by atoms with E-state index in [0.717, 1.165) is 33.8 Å². The topological polar surface area (TPSA) is 56.6 Å². The van der Waals surface area contributed by atoms with Crippen LogP contribution < -0.4 is 10.4 Å². The Morgan fingerprint density at radius 2 is 1.46 bits per heavy atom. The molecule has 192 valence electrons. The lowest BCUT2D eigenvalue weighted by Crippen LogP contribution is -2.19. The molecule has 0 unspecified atom stereocenters. The first-order valence-corrected chi connectivity index (χ1v) is 14.2. The van der Waals surface area contributed by atoms with E-state index in [2.05, 4.69) is 36.4 Å². The lowest BCUT2D eigenvalue weighted by molar-refractivity contribution is 0.630. The summed E-state index contributed by atoms with van der Waals surface area (Å²) in [5.41, 5.74) is 7.05. The van der Waals surface area contributed by atoms with Gasteiger partial charge in [0, 0.05) is 23.6 Å². The van der Waals surface area contributed by atoms with Crippen molar-refractivity contribution in [2.24, 2.45) is 17.1 Å². The first kappa shape index (κ1) is 24.8. The van der Waals surface area contributed by atoms with E-state index < -0.39 is 0 Å². The van der Waals surface area contributed by atoms with Crippen LogP contribution in [0.3, 0.4) is 0 Å². The molecule has 0 aliphatic heterocycles. The van der Waals surface area contributed by atoms with Crippen molar-refractivity contribution < 1.29 is 0 Å². The average Bonchev–Trinajstić information content (AvgIpc) is 3.69. The van der Waals surface area contributed by atoms with Gasteiger partial charge >= 0.3 is 0 Å². The number of thiophene rings is 1. The van der Waals surface area contributed by atoms with Gasteiger partial charge in [-0.3, -0.25) is 9.48 Å². The van der Waals surface area contributed by atoms with Crippen LogP contribution in [0.5, 0.6) is 0 Å². The first-order valence-electron chi connectivity index (χ1n) is 12.4. The van der Waals surface area contributed by atoms with Crippen LogP contribution in [-0.2, 0) is 7.05 Å². The largest absolute Gasteiger partial charge is 0.297 e. The van der Waals surface area contributed by atoms with Crippen LogP contribution >= 0.6 is 22.7 Å². The normalized spacial score (nSPS) is 12.0. The number of thiazole rings is 1. The van der Waals surface area contributed by atoms with E-state index in [4.69, 9.17) is 10.1 Å². The minimum absolute atomic E-state index is 0.170. The smallest absolute Gasteiger partial charge is 0.283 e. The summed E-state index contributed by atoms with van der Waals surface area (Å²) in [6.07, 6.45) is 1.82. The summed E-state index contributed by atoms with van der Waals surface area (Å²) in [6.45, 7) is 1.91. The molecule has 0 fully saturated rings. The van der Waals surface area contributed by atoms with Crippen LogP contribution in [0, 0.1) is 6.92 Å². The number of benzene rings is 3. The summed E-state index contributed by atoms with van der Waals surface area (Å²) in [5, 5.41) is 10.9. The molecule has 0 spiro atoms. The lowest BCUT2D eigenvalue weighted by Gasteiger charge is -2.07. The Labute approximate surface area is 233 Å². The molecule has 0 N–H and O–H groups in total. The van der Waals surface area contributed by atoms with E-state index in [-0.39, 0.29) is 5.56 Å². The predicted molar refractivity (Wildman–Crippen MR) is 161 cm³/mol. The zero-order valence-electron chi connectivity index (χ0n) is 21.4. The van der Waals surface area contributed by atoms with Crippen molar-refractivity contribution in [1.29, 1.82) is 0 Å². The number of hydrogen-bond donors (Lipinski definition) is 0. The highest BCUT2D eigenvalue weighted by Gasteiger charge is 2.17. The summed E-state index contributed by atoms with van der Waals surface area (Å²) in [6, 6.07) is 30.4. The number of rotatable bonds is 6. The molecule has 6 nitrogen and oxygen atoms in total. The third-order valence-corrected chi connectivity index (χ3v) is 8.09. The van der Waals surface area contributed by atoms with E-state index in [1.807, 2.05) is 100 Å². The van der Waals surface area contributed by atoms with E-state index in [0.29, 0.717) is 10.5 Å². The van der Waals surface area contributed by atoms with Gasteiger partial charge in [-0.2, -0.15) is 16.4 Å². The van der Waals surface area contributed by atoms with Crippen molar-refractivity contribution in [3.05, 3.63) is 134 Å². The maximum absolute atomic E-state index is 13.5. The van der Waals surface area contributed by atoms with Crippen molar-refractivity contribution in [3.63, 3.8) is 0 Å². The molecule has 3 aromatic carbocycles. The van der Waals surface area contributed by atoms with Crippen molar-refractivity contribution in [2.45, 2.75) is 6.92 Å². The predicted octanol–water partition coefficient (Wildman–Crippen LogP) is 6.86. The zero-order chi connectivity index (χ0) is 26.8. The lowest BCUT2D eigenvalue weighted by atomic mass is 10.0. The molecule has 6 aromatic rings.